The van der Waals surface area contributed by atoms with E-state index in [1.807, 2.05) is 6.08 Å². The Morgan fingerprint density at radius 1 is 1.53 bits per heavy atom. The Bertz CT molecular complexity index is 374. The summed E-state index contributed by atoms with van der Waals surface area (Å²) in [5.41, 5.74) is 4.03. The summed E-state index contributed by atoms with van der Waals surface area (Å²) in [7, 11) is 2.14. The zero-order valence-corrected chi connectivity index (χ0v) is 9.70. The number of fused-ring (bicyclic) bond motifs is 1. The normalized spacial score (nSPS) is 24.5. The summed E-state index contributed by atoms with van der Waals surface area (Å²) >= 11 is 0. The van der Waals surface area contributed by atoms with Gasteiger partial charge in [-0.05, 0) is 30.6 Å². The molecule has 2 heterocycles. The summed E-state index contributed by atoms with van der Waals surface area (Å²) in [4.78, 5) is 4.58. The van der Waals surface area contributed by atoms with E-state index in [9.17, 15) is 0 Å². The molecular formula is C13H18N2. The van der Waals surface area contributed by atoms with Gasteiger partial charge < -0.3 is 9.80 Å². The van der Waals surface area contributed by atoms with Crippen molar-refractivity contribution in [2.24, 2.45) is 0 Å². The monoisotopic (exact) mass is 202 g/mol. The lowest BCUT2D eigenvalue weighted by Crippen LogP contribution is -2.38. The van der Waals surface area contributed by atoms with E-state index >= 15 is 0 Å². The third-order valence-electron chi connectivity index (χ3n) is 3.25. The highest BCUT2D eigenvalue weighted by atomic mass is 15.4. The van der Waals surface area contributed by atoms with Crippen LogP contribution < -0.4 is 0 Å². The largest absolute Gasteiger partial charge is 0.353 e. The van der Waals surface area contributed by atoms with Gasteiger partial charge in [0, 0.05) is 25.1 Å². The molecule has 0 aromatic rings. The molecule has 0 aromatic carbocycles. The molecule has 1 atom stereocenters. The average molecular weight is 202 g/mol. The van der Waals surface area contributed by atoms with Crippen molar-refractivity contribution in [1.82, 2.24) is 9.80 Å². The van der Waals surface area contributed by atoms with Gasteiger partial charge in [0.1, 0.15) is 6.17 Å². The molecule has 0 aliphatic carbocycles. The van der Waals surface area contributed by atoms with Gasteiger partial charge in [-0.1, -0.05) is 19.6 Å². The molecule has 0 amide bonds. The van der Waals surface area contributed by atoms with Gasteiger partial charge in [-0.2, -0.15) is 0 Å². The summed E-state index contributed by atoms with van der Waals surface area (Å²) in [5.74, 6) is 0. The van der Waals surface area contributed by atoms with Crippen molar-refractivity contribution < 1.29 is 0 Å². The molecule has 80 valence electrons. The van der Waals surface area contributed by atoms with Crippen LogP contribution in [0.4, 0.5) is 0 Å². The van der Waals surface area contributed by atoms with Gasteiger partial charge in [-0.3, -0.25) is 0 Å². The van der Waals surface area contributed by atoms with Crippen LogP contribution >= 0.6 is 0 Å². The van der Waals surface area contributed by atoms with E-state index in [-0.39, 0.29) is 0 Å². The van der Waals surface area contributed by atoms with Gasteiger partial charge in [0.2, 0.25) is 0 Å². The van der Waals surface area contributed by atoms with Crippen molar-refractivity contribution >= 4 is 0 Å². The minimum absolute atomic E-state index is 0.369. The second-order valence-corrected chi connectivity index (χ2v) is 4.06. The number of likely N-dealkylation sites (N-methyl/N-ethyl adjacent to an activating group) is 1. The lowest BCUT2D eigenvalue weighted by atomic mass is 9.99. The molecule has 0 saturated carbocycles. The first kappa shape index (κ1) is 10.1. The molecule has 2 rings (SSSR count). The third kappa shape index (κ3) is 1.41. The van der Waals surface area contributed by atoms with Crippen LogP contribution in [-0.4, -0.2) is 23.0 Å². The molecule has 2 heteroatoms. The van der Waals surface area contributed by atoms with Crippen molar-refractivity contribution in [3.8, 4) is 0 Å². The molecule has 0 fully saturated rings. The number of nitrogens with zero attached hydrogens (tertiary/aromatic N) is 2. The van der Waals surface area contributed by atoms with Gasteiger partial charge in [-0.25, -0.2) is 0 Å². The van der Waals surface area contributed by atoms with Crippen LogP contribution in [0.1, 0.15) is 20.3 Å². The molecule has 1 unspecified atom stereocenters. The predicted octanol–water partition coefficient (Wildman–Crippen LogP) is 2.84. The molecule has 0 N–H and O–H groups in total. The topological polar surface area (TPSA) is 6.48 Å². The third-order valence-corrected chi connectivity index (χ3v) is 3.25. The molecule has 0 radical (unpaired) electrons. The summed E-state index contributed by atoms with van der Waals surface area (Å²) in [5, 5.41) is 0. The van der Waals surface area contributed by atoms with Gasteiger partial charge in [0.15, 0.2) is 0 Å². The maximum atomic E-state index is 3.88. The summed E-state index contributed by atoms with van der Waals surface area (Å²) < 4.78 is 0. The Morgan fingerprint density at radius 3 is 2.87 bits per heavy atom. The first-order valence-corrected chi connectivity index (χ1v) is 5.41. The minimum Gasteiger partial charge on any atom is -0.353 e. The highest BCUT2D eigenvalue weighted by Gasteiger charge is 2.31. The Balaban J connectivity index is 2.42. The van der Waals surface area contributed by atoms with E-state index in [2.05, 4.69) is 55.7 Å². The fourth-order valence-corrected chi connectivity index (χ4v) is 2.32. The quantitative estimate of drug-likeness (QED) is 0.679. The van der Waals surface area contributed by atoms with Crippen LogP contribution in [0.3, 0.4) is 0 Å². The van der Waals surface area contributed by atoms with Crippen molar-refractivity contribution in [2.45, 2.75) is 26.4 Å². The molecule has 15 heavy (non-hydrogen) atoms. The number of hydrogen-bond donors (Lipinski definition) is 0. The molecule has 2 aliphatic rings. The number of allylic oxidation sites excluding steroid dienone is 4. The SMILES string of the molecule is C=CC1=C(CC)C2N(C=C1)C=C(C)N2C. The van der Waals surface area contributed by atoms with Crippen LogP contribution in [0.25, 0.3) is 0 Å². The van der Waals surface area contributed by atoms with Crippen LogP contribution in [0.15, 0.2) is 48.0 Å². The summed E-state index contributed by atoms with van der Waals surface area (Å²) in [6, 6.07) is 0. The Hall–Kier alpha value is -1.44. The minimum atomic E-state index is 0.369. The Kier molecular flexibility index (Phi) is 2.43. The smallest absolute Gasteiger partial charge is 0.128 e. The van der Waals surface area contributed by atoms with Gasteiger partial charge >= 0.3 is 0 Å². The van der Waals surface area contributed by atoms with E-state index in [0.717, 1.165) is 6.42 Å². The highest BCUT2D eigenvalue weighted by molar-refractivity contribution is 5.42. The standard InChI is InChI=1S/C13H18N2/c1-5-11-7-8-15-9-10(3)14(4)13(15)12(11)6-2/h5,7-9,13H,1,6H2,2-4H3. The van der Waals surface area contributed by atoms with Gasteiger partial charge in [0.05, 0.1) is 0 Å². The lowest BCUT2D eigenvalue weighted by molar-refractivity contribution is 0.244. The summed E-state index contributed by atoms with van der Waals surface area (Å²) in [6.07, 6.45) is 9.86. The average Bonchev–Trinajstić information content (AvgIpc) is 2.54. The summed E-state index contributed by atoms with van der Waals surface area (Å²) in [6.45, 7) is 8.23. The predicted molar refractivity (Wildman–Crippen MR) is 63.8 cm³/mol. The fourth-order valence-electron chi connectivity index (χ4n) is 2.32. The zero-order valence-electron chi connectivity index (χ0n) is 9.70. The van der Waals surface area contributed by atoms with E-state index in [1.165, 1.54) is 16.8 Å². The van der Waals surface area contributed by atoms with Crippen molar-refractivity contribution in [2.75, 3.05) is 7.05 Å². The Morgan fingerprint density at radius 2 is 2.27 bits per heavy atom. The lowest BCUT2D eigenvalue weighted by Gasteiger charge is -2.34. The van der Waals surface area contributed by atoms with E-state index < -0.39 is 0 Å². The van der Waals surface area contributed by atoms with Crippen molar-refractivity contribution in [3.05, 3.63) is 48.0 Å². The molecule has 2 nitrogen and oxygen atoms in total. The molecule has 0 aromatic heterocycles. The van der Waals surface area contributed by atoms with Gasteiger partial charge in [-0.15, -0.1) is 0 Å². The van der Waals surface area contributed by atoms with Crippen molar-refractivity contribution in [3.63, 3.8) is 0 Å². The van der Waals surface area contributed by atoms with E-state index in [4.69, 9.17) is 0 Å². The molecular weight excluding hydrogens is 184 g/mol. The molecule has 0 spiro atoms. The molecule has 0 saturated heterocycles. The second-order valence-electron chi connectivity index (χ2n) is 4.06. The highest BCUT2D eigenvalue weighted by Crippen LogP contribution is 2.33. The number of rotatable bonds is 2. The zero-order chi connectivity index (χ0) is 11.0. The van der Waals surface area contributed by atoms with Crippen LogP contribution in [-0.2, 0) is 0 Å². The second kappa shape index (κ2) is 3.61. The van der Waals surface area contributed by atoms with Gasteiger partial charge in [0.25, 0.3) is 0 Å². The maximum absolute atomic E-state index is 3.88. The van der Waals surface area contributed by atoms with E-state index in [0.29, 0.717) is 6.17 Å². The molecule has 2 aliphatic heterocycles. The molecule has 0 bridgehead atoms. The first-order valence-electron chi connectivity index (χ1n) is 5.41. The van der Waals surface area contributed by atoms with Crippen LogP contribution in [0, 0.1) is 0 Å². The Labute approximate surface area is 91.9 Å². The van der Waals surface area contributed by atoms with E-state index in [1.54, 1.807) is 0 Å². The maximum Gasteiger partial charge on any atom is 0.128 e. The number of hydrogen-bond acceptors (Lipinski definition) is 2. The first-order chi connectivity index (χ1) is 7.19. The fraction of sp³-hybridized carbons (Fsp3) is 0.385. The van der Waals surface area contributed by atoms with Crippen LogP contribution in [0.5, 0.6) is 0 Å². The van der Waals surface area contributed by atoms with Crippen molar-refractivity contribution in [1.29, 1.82) is 0 Å². The van der Waals surface area contributed by atoms with Crippen LogP contribution in [0.2, 0.25) is 0 Å².